The largest absolute Gasteiger partial charge is 0.309 e. The van der Waals surface area contributed by atoms with Crippen LogP contribution < -0.4 is 0 Å². The van der Waals surface area contributed by atoms with Gasteiger partial charge in [0.25, 0.3) is 0 Å². The summed E-state index contributed by atoms with van der Waals surface area (Å²) in [5.41, 5.74) is 0.0857. The van der Waals surface area contributed by atoms with Gasteiger partial charge in [-0.1, -0.05) is 18.3 Å². The molecule has 0 fully saturated rings. The molecule has 4 heteroatoms. The van der Waals surface area contributed by atoms with Crippen molar-refractivity contribution in [3.8, 4) is 0 Å². The Morgan fingerprint density at radius 2 is 2.08 bits per heavy atom. The summed E-state index contributed by atoms with van der Waals surface area (Å²) in [6.45, 7) is 10.4. The first-order chi connectivity index (χ1) is 5.46. The van der Waals surface area contributed by atoms with E-state index in [9.17, 15) is 0 Å². The highest BCUT2D eigenvalue weighted by atomic mass is 32.2. The van der Waals surface area contributed by atoms with Crippen molar-refractivity contribution in [3.63, 3.8) is 0 Å². The Kier molecular flexibility index (Phi) is 2.78. The second-order valence-corrected chi connectivity index (χ2v) is 5.18. The van der Waals surface area contributed by atoms with Gasteiger partial charge in [-0.15, -0.1) is 0 Å². The van der Waals surface area contributed by atoms with Gasteiger partial charge in [0, 0.05) is 17.5 Å². The van der Waals surface area contributed by atoms with E-state index in [2.05, 4.69) is 36.6 Å². The molecule has 68 valence electrons. The Bertz CT molecular complexity index is 228. The summed E-state index contributed by atoms with van der Waals surface area (Å²) in [4.78, 5) is 2.17. The zero-order chi connectivity index (χ0) is 9.35. The zero-order valence-corrected chi connectivity index (χ0v) is 9.55. The molecular formula is C8H14N2S2. The molecule has 1 rings (SSSR count). The van der Waals surface area contributed by atoms with Gasteiger partial charge in [0.15, 0.2) is 5.17 Å². The van der Waals surface area contributed by atoms with Crippen LogP contribution in [0.3, 0.4) is 0 Å². The lowest BCUT2D eigenvalue weighted by atomic mass is 10.1. The van der Waals surface area contributed by atoms with Gasteiger partial charge in [0.05, 0.1) is 5.03 Å². The molecule has 0 aromatic heterocycles. The maximum absolute atomic E-state index is 4.31. The molecule has 0 aromatic rings. The third-order valence-electron chi connectivity index (χ3n) is 1.52. The number of rotatable bonds is 0. The number of hydrogen-bond acceptors (Lipinski definition) is 4. The van der Waals surface area contributed by atoms with Crippen LogP contribution in [0.4, 0.5) is 0 Å². The van der Waals surface area contributed by atoms with Crippen molar-refractivity contribution in [2.75, 3.05) is 6.26 Å². The van der Waals surface area contributed by atoms with Gasteiger partial charge in [0.2, 0.25) is 0 Å². The molecule has 1 aliphatic rings. The van der Waals surface area contributed by atoms with Crippen molar-refractivity contribution >= 4 is 28.9 Å². The maximum Gasteiger partial charge on any atom is 0.176 e. The van der Waals surface area contributed by atoms with Gasteiger partial charge in [-0.05, 0) is 27.0 Å². The van der Waals surface area contributed by atoms with Crippen LogP contribution in [0.2, 0.25) is 0 Å². The molecule has 0 amide bonds. The average molecular weight is 202 g/mol. The second kappa shape index (κ2) is 3.34. The molecule has 0 radical (unpaired) electrons. The topological polar surface area (TPSA) is 15.6 Å². The van der Waals surface area contributed by atoms with Crippen LogP contribution >= 0.6 is 23.7 Å². The van der Waals surface area contributed by atoms with E-state index in [1.54, 1.807) is 11.8 Å². The molecular weight excluding hydrogens is 188 g/mol. The highest BCUT2D eigenvalue weighted by molar-refractivity contribution is 8.15. The van der Waals surface area contributed by atoms with Crippen LogP contribution in [0.1, 0.15) is 20.8 Å². The van der Waals surface area contributed by atoms with E-state index in [0.717, 1.165) is 10.2 Å². The minimum absolute atomic E-state index is 0.0857. The summed E-state index contributed by atoms with van der Waals surface area (Å²) in [6, 6.07) is 0. The van der Waals surface area contributed by atoms with E-state index < -0.39 is 0 Å². The van der Waals surface area contributed by atoms with Crippen LogP contribution in [0.5, 0.6) is 0 Å². The van der Waals surface area contributed by atoms with Crippen LogP contribution in [0.15, 0.2) is 16.0 Å². The van der Waals surface area contributed by atoms with Gasteiger partial charge in [-0.25, -0.2) is 0 Å². The molecule has 1 heterocycles. The lowest BCUT2D eigenvalue weighted by Gasteiger charge is -2.33. The lowest BCUT2D eigenvalue weighted by Crippen LogP contribution is -2.40. The maximum atomic E-state index is 4.31. The summed E-state index contributed by atoms with van der Waals surface area (Å²) in [7, 11) is 0. The van der Waals surface area contributed by atoms with Crippen LogP contribution in [0.25, 0.3) is 0 Å². The number of hydrogen-bond donors (Lipinski definition) is 0. The van der Waals surface area contributed by atoms with Crippen LogP contribution in [-0.2, 0) is 0 Å². The standard InChI is InChI=1S/C8H14N2S2/c1-6-10(8(2,3)4)7(11-5)9-12-6/h1H2,2-5H3. The SMILES string of the molecule is C=C1SN=C(SC)N1C(C)(C)C. The molecule has 0 atom stereocenters. The molecule has 0 N–H and O–H groups in total. The summed E-state index contributed by atoms with van der Waals surface area (Å²) in [5.74, 6) is 0. The molecule has 0 spiro atoms. The summed E-state index contributed by atoms with van der Waals surface area (Å²) in [5, 5.41) is 2.07. The minimum Gasteiger partial charge on any atom is -0.309 e. The number of thioether (sulfide) groups is 1. The Balaban J connectivity index is 2.87. The van der Waals surface area contributed by atoms with Crippen molar-refractivity contribution < 1.29 is 0 Å². The molecule has 0 aliphatic carbocycles. The first kappa shape index (κ1) is 9.99. The van der Waals surface area contributed by atoms with Gasteiger partial charge in [-0.2, -0.15) is 4.40 Å². The van der Waals surface area contributed by atoms with Gasteiger partial charge < -0.3 is 4.90 Å². The predicted octanol–water partition coefficient (Wildman–Crippen LogP) is 2.94. The van der Waals surface area contributed by atoms with Crippen LogP contribution in [-0.4, -0.2) is 21.9 Å². The quantitative estimate of drug-likeness (QED) is 0.562. The van der Waals surface area contributed by atoms with E-state index in [1.165, 1.54) is 11.9 Å². The third kappa shape index (κ3) is 1.80. The van der Waals surface area contributed by atoms with Crippen molar-refractivity contribution in [2.45, 2.75) is 26.3 Å². The Morgan fingerprint density at radius 1 is 1.50 bits per heavy atom. The lowest BCUT2D eigenvalue weighted by molar-refractivity contribution is 0.315. The normalized spacial score (nSPS) is 18.5. The number of nitrogens with zero attached hydrogens (tertiary/aromatic N) is 2. The highest BCUT2D eigenvalue weighted by Gasteiger charge is 2.31. The first-order valence-corrected chi connectivity index (χ1v) is 5.75. The van der Waals surface area contributed by atoms with Crippen molar-refractivity contribution in [1.29, 1.82) is 0 Å². The molecule has 0 saturated heterocycles. The minimum atomic E-state index is 0.0857. The van der Waals surface area contributed by atoms with E-state index >= 15 is 0 Å². The highest BCUT2D eigenvalue weighted by Crippen LogP contribution is 2.36. The third-order valence-corrected chi connectivity index (χ3v) is 2.94. The zero-order valence-electron chi connectivity index (χ0n) is 7.92. The number of amidine groups is 1. The Labute approximate surface area is 82.6 Å². The van der Waals surface area contributed by atoms with Crippen molar-refractivity contribution in [2.24, 2.45) is 4.40 Å². The Morgan fingerprint density at radius 3 is 2.42 bits per heavy atom. The molecule has 1 aliphatic heterocycles. The predicted molar refractivity (Wildman–Crippen MR) is 59.3 cm³/mol. The summed E-state index contributed by atoms with van der Waals surface area (Å²) in [6.07, 6.45) is 2.04. The fourth-order valence-corrected chi connectivity index (χ4v) is 2.81. The second-order valence-electron chi connectivity index (χ2n) is 3.57. The molecule has 0 aromatic carbocycles. The summed E-state index contributed by atoms with van der Waals surface area (Å²) < 4.78 is 4.31. The van der Waals surface area contributed by atoms with Crippen LogP contribution in [0, 0.1) is 0 Å². The van der Waals surface area contributed by atoms with Crippen molar-refractivity contribution in [1.82, 2.24) is 4.90 Å². The van der Waals surface area contributed by atoms with E-state index in [1.807, 2.05) is 6.26 Å². The van der Waals surface area contributed by atoms with Gasteiger partial charge in [-0.3, -0.25) is 0 Å². The van der Waals surface area contributed by atoms with Gasteiger partial charge in [0.1, 0.15) is 0 Å². The molecule has 2 nitrogen and oxygen atoms in total. The van der Waals surface area contributed by atoms with E-state index in [0.29, 0.717) is 0 Å². The van der Waals surface area contributed by atoms with Gasteiger partial charge >= 0.3 is 0 Å². The molecule has 0 unspecified atom stereocenters. The molecule has 12 heavy (non-hydrogen) atoms. The average Bonchev–Trinajstić information content (AvgIpc) is 2.29. The fourth-order valence-electron chi connectivity index (χ4n) is 1.07. The molecule has 0 saturated carbocycles. The molecule has 0 bridgehead atoms. The Hall–Kier alpha value is -0.0900. The monoisotopic (exact) mass is 202 g/mol. The van der Waals surface area contributed by atoms with E-state index in [-0.39, 0.29) is 5.54 Å². The fraction of sp³-hybridized carbons (Fsp3) is 0.625. The smallest absolute Gasteiger partial charge is 0.176 e. The van der Waals surface area contributed by atoms with Crippen molar-refractivity contribution in [3.05, 3.63) is 11.6 Å². The summed E-state index contributed by atoms with van der Waals surface area (Å²) >= 11 is 3.13. The van der Waals surface area contributed by atoms with E-state index in [4.69, 9.17) is 0 Å². The first-order valence-electron chi connectivity index (χ1n) is 3.75.